The maximum Gasteiger partial charge on any atom is 0.411 e. The zero-order valence-corrected chi connectivity index (χ0v) is 15.5. The van der Waals surface area contributed by atoms with Crippen molar-refractivity contribution in [1.29, 1.82) is 0 Å². The van der Waals surface area contributed by atoms with E-state index in [0.717, 1.165) is 6.42 Å². The number of nitrogens with one attached hydrogen (secondary N) is 1. The van der Waals surface area contributed by atoms with E-state index in [9.17, 15) is 19.5 Å². The average molecular weight is 345 g/mol. The number of hydrogen-bond acceptors (Lipinski definition) is 5. The number of ether oxygens (including phenoxy) is 2. The molecule has 0 saturated carbocycles. The van der Waals surface area contributed by atoms with Crippen LogP contribution < -0.4 is 5.32 Å². The normalized spacial score (nSPS) is 16.0. The summed E-state index contributed by atoms with van der Waals surface area (Å²) < 4.78 is 10.2. The van der Waals surface area contributed by atoms with Crippen molar-refractivity contribution >= 4 is 18.0 Å². The second-order valence-corrected chi connectivity index (χ2v) is 6.68. The first-order chi connectivity index (χ1) is 11.1. The molecular formula is C17H31NO6. The lowest BCUT2D eigenvalue weighted by Crippen LogP contribution is -2.53. The van der Waals surface area contributed by atoms with Gasteiger partial charge in [0.25, 0.3) is 6.29 Å². The summed E-state index contributed by atoms with van der Waals surface area (Å²) in [4.78, 5) is 35.0. The van der Waals surface area contributed by atoms with E-state index in [1.54, 1.807) is 20.8 Å². The molecule has 0 aromatic rings. The molecule has 0 unspecified atom stereocenters. The van der Waals surface area contributed by atoms with Gasteiger partial charge in [0.2, 0.25) is 0 Å². The Hall–Kier alpha value is -1.79. The molecule has 7 nitrogen and oxygen atoms in total. The van der Waals surface area contributed by atoms with Gasteiger partial charge < -0.3 is 19.9 Å². The van der Waals surface area contributed by atoms with Crippen LogP contribution in [0.3, 0.4) is 0 Å². The third kappa shape index (κ3) is 7.66. The van der Waals surface area contributed by atoms with E-state index < -0.39 is 29.9 Å². The van der Waals surface area contributed by atoms with Gasteiger partial charge in [-0.25, -0.2) is 9.59 Å². The molecule has 7 heteroatoms. The van der Waals surface area contributed by atoms with Crippen molar-refractivity contribution in [3.05, 3.63) is 0 Å². The van der Waals surface area contributed by atoms with Gasteiger partial charge in [-0.05, 0) is 25.7 Å². The summed E-state index contributed by atoms with van der Waals surface area (Å²) in [5.41, 5.74) is -1.43. The first kappa shape index (κ1) is 22.2. The van der Waals surface area contributed by atoms with E-state index in [-0.39, 0.29) is 18.8 Å². The van der Waals surface area contributed by atoms with Crippen LogP contribution in [0.2, 0.25) is 0 Å². The van der Waals surface area contributed by atoms with Crippen molar-refractivity contribution in [1.82, 2.24) is 5.32 Å². The lowest BCUT2D eigenvalue weighted by atomic mass is 9.90. The Kier molecular flexibility index (Phi) is 9.40. The van der Waals surface area contributed by atoms with Gasteiger partial charge in [0.15, 0.2) is 0 Å². The molecule has 0 aliphatic rings. The zero-order valence-electron chi connectivity index (χ0n) is 15.5. The quantitative estimate of drug-likeness (QED) is 0.465. The Morgan fingerprint density at radius 3 is 2.12 bits per heavy atom. The summed E-state index contributed by atoms with van der Waals surface area (Å²) in [6, 6.07) is 0. The Labute approximate surface area is 144 Å². The second-order valence-electron chi connectivity index (χ2n) is 6.68. The Balaban J connectivity index is 4.86. The van der Waals surface area contributed by atoms with Gasteiger partial charge in [0.05, 0.1) is 0 Å². The summed E-state index contributed by atoms with van der Waals surface area (Å²) in [5, 5.41) is 11.8. The molecule has 0 radical (unpaired) electrons. The van der Waals surface area contributed by atoms with E-state index in [1.165, 1.54) is 6.92 Å². The Morgan fingerprint density at radius 2 is 1.71 bits per heavy atom. The van der Waals surface area contributed by atoms with E-state index in [2.05, 4.69) is 5.32 Å². The molecule has 0 bridgehead atoms. The van der Waals surface area contributed by atoms with Gasteiger partial charge in [-0.3, -0.25) is 4.79 Å². The van der Waals surface area contributed by atoms with Crippen molar-refractivity contribution < 1.29 is 29.0 Å². The smallest absolute Gasteiger partial charge is 0.411 e. The number of hydrogen-bond donors (Lipinski definition) is 2. The van der Waals surface area contributed by atoms with Crippen LogP contribution in [0, 0.1) is 11.8 Å². The van der Waals surface area contributed by atoms with Gasteiger partial charge in [-0.2, -0.15) is 0 Å². The third-order valence-corrected chi connectivity index (χ3v) is 3.99. The second kappa shape index (κ2) is 10.2. The van der Waals surface area contributed by atoms with Crippen LogP contribution in [-0.4, -0.2) is 35.0 Å². The molecule has 0 saturated heterocycles. The lowest BCUT2D eigenvalue weighted by molar-refractivity contribution is -0.175. The number of carboxylic acids is 1. The highest BCUT2D eigenvalue weighted by atomic mass is 16.7. The van der Waals surface area contributed by atoms with Crippen LogP contribution >= 0.6 is 0 Å². The molecule has 3 atom stereocenters. The third-order valence-electron chi connectivity index (χ3n) is 3.99. The minimum Gasteiger partial charge on any atom is -0.480 e. The van der Waals surface area contributed by atoms with Gasteiger partial charge in [-0.1, -0.05) is 41.0 Å². The average Bonchev–Trinajstić information content (AvgIpc) is 2.51. The lowest BCUT2D eigenvalue weighted by Gasteiger charge is -2.28. The topological polar surface area (TPSA) is 102 Å². The fourth-order valence-electron chi connectivity index (χ4n) is 1.83. The number of esters is 1. The maximum atomic E-state index is 12.1. The first-order valence-corrected chi connectivity index (χ1v) is 8.47. The molecule has 0 aliphatic carbocycles. The molecule has 2 N–H and O–H groups in total. The number of carboxylic acid groups (broad SMARTS) is 1. The van der Waals surface area contributed by atoms with Gasteiger partial charge in [0, 0.05) is 12.3 Å². The minimum absolute atomic E-state index is 0.163. The van der Waals surface area contributed by atoms with Gasteiger partial charge >= 0.3 is 18.0 Å². The van der Waals surface area contributed by atoms with Crippen LogP contribution in [0.5, 0.6) is 0 Å². The monoisotopic (exact) mass is 345 g/mol. The molecule has 0 aromatic heterocycles. The number of carbonyl (C=O) groups excluding carboxylic acids is 2. The summed E-state index contributed by atoms with van der Waals surface area (Å²) in [7, 11) is 0. The number of carbonyl (C=O) groups is 3. The zero-order chi connectivity index (χ0) is 18.9. The Morgan fingerprint density at radius 1 is 1.12 bits per heavy atom. The molecule has 0 fully saturated rings. The van der Waals surface area contributed by atoms with Crippen molar-refractivity contribution in [3.8, 4) is 0 Å². The number of rotatable bonds is 10. The summed E-state index contributed by atoms with van der Waals surface area (Å²) >= 11 is 0. The highest BCUT2D eigenvalue weighted by Gasteiger charge is 2.36. The Bertz CT molecular complexity index is 437. The van der Waals surface area contributed by atoms with Crippen LogP contribution in [0.25, 0.3) is 0 Å². The predicted molar refractivity (Wildman–Crippen MR) is 89.4 cm³/mol. The minimum atomic E-state index is -1.43. The largest absolute Gasteiger partial charge is 0.480 e. The molecule has 0 aromatic carbocycles. The molecule has 1 amide bonds. The molecule has 0 heterocycles. The van der Waals surface area contributed by atoms with Crippen LogP contribution in [0.1, 0.15) is 67.2 Å². The van der Waals surface area contributed by atoms with Crippen molar-refractivity contribution in [2.45, 2.75) is 79.1 Å². The SMILES string of the molecule is CCC(=O)O[C@@H](OC(=O)N[C@@](C)(CC[C@H](C)CC)C(=O)O)C(C)C. The van der Waals surface area contributed by atoms with Crippen molar-refractivity contribution in [3.63, 3.8) is 0 Å². The maximum absolute atomic E-state index is 12.1. The number of alkyl carbamates (subject to hydrolysis) is 1. The van der Waals surface area contributed by atoms with E-state index in [4.69, 9.17) is 9.47 Å². The van der Waals surface area contributed by atoms with Crippen molar-refractivity contribution in [2.24, 2.45) is 11.8 Å². The fraction of sp³-hybridized carbons (Fsp3) is 0.824. The molecule has 0 spiro atoms. The van der Waals surface area contributed by atoms with Crippen LogP contribution in [-0.2, 0) is 19.1 Å². The molecule has 24 heavy (non-hydrogen) atoms. The van der Waals surface area contributed by atoms with Crippen LogP contribution in [0.4, 0.5) is 4.79 Å². The van der Waals surface area contributed by atoms with Crippen molar-refractivity contribution in [2.75, 3.05) is 0 Å². The first-order valence-electron chi connectivity index (χ1n) is 8.47. The van der Waals surface area contributed by atoms with Gasteiger partial charge in [0.1, 0.15) is 5.54 Å². The van der Waals surface area contributed by atoms with E-state index >= 15 is 0 Å². The molecule has 140 valence electrons. The fourth-order valence-corrected chi connectivity index (χ4v) is 1.83. The van der Waals surface area contributed by atoms with E-state index in [0.29, 0.717) is 12.3 Å². The highest BCUT2D eigenvalue weighted by Crippen LogP contribution is 2.20. The summed E-state index contributed by atoms with van der Waals surface area (Å²) in [6.45, 7) is 10.6. The molecular weight excluding hydrogens is 314 g/mol. The standard InChI is InChI=1S/C17H31NO6/c1-7-12(5)9-10-17(6,15(20)21)18-16(22)24-14(11(3)4)23-13(19)8-2/h11-12,14H,7-10H2,1-6H3,(H,18,22)(H,20,21)/t12-,14+,17+/m1/s1. The number of amides is 1. The van der Waals surface area contributed by atoms with Gasteiger partial charge in [-0.15, -0.1) is 0 Å². The number of aliphatic carboxylic acids is 1. The predicted octanol–water partition coefficient (Wildman–Crippen LogP) is 3.32. The molecule has 0 aliphatic heterocycles. The molecule has 0 rings (SSSR count). The highest BCUT2D eigenvalue weighted by molar-refractivity contribution is 5.83. The summed E-state index contributed by atoms with van der Waals surface area (Å²) in [5.74, 6) is -1.51. The van der Waals surface area contributed by atoms with Crippen LogP contribution in [0.15, 0.2) is 0 Å². The van der Waals surface area contributed by atoms with E-state index in [1.807, 2.05) is 13.8 Å². The summed E-state index contributed by atoms with van der Waals surface area (Å²) in [6.07, 6.45) is 0.0843.